The molecule has 0 atom stereocenters. The van der Waals surface area contributed by atoms with Gasteiger partial charge in [-0.3, -0.25) is 0 Å². The Morgan fingerprint density at radius 1 is 1.28 bits per heavy atom. The molecule has 6 nitrogen and oxygen atoms in total. The maximum atomic E-state index is 9.33. The first-order valence-corrected chi connectivity index (χ1v) is 8.81. The number of nitriles is 1. The number of hydrogen-bond donors (Lipinski definition) is 0. The Hall–Kier alpha value is -1.94. The van der Waals surface area contributed by atoms with Gasteiger partial charge in [-0.2, -0.15) is 10.2 Å². The number of ether oxygens (including phenoxy) is 1. The Labute approximate surface area is 156 Å². The molecule has 132 valence electrons. The summed E-state index contributed by atoms with van der Waals surface area (Å²) in [6, 6.07) is 7.08. The van der Waals surface area contributed by atoms with Gasteiger partial charge in [0, 0.05) is 31.2 Å². The Morgan fingerprint density at radius 2 is 2.04 bits per heavy atom. The number of nitrogens with zero attached hydrogens (tertiary/aromatic N) is 4. The number of oxazole rings is 1. The second kappa shape index (κ2) is 7.96. The molecule has 3 rings (SSSR count). The van der Waals surface area contributed by atoms with Gasteiger partial charge >= 0.3 is 0 Å². The van der Waals surface area contributed by atoms with E-state index in [1.54, 1.807) is 18.2 Å². The van der Waals surface area contributed by atoms with Gasteiger partial charge in [-0.15, -0.1) is 0 Å². The Morgan fingerprint density at radius 3 is 2.68 bits per heavy atom. The fourth-order valence-corrected chi connectivity index (χ4v) is 3.17. The minimum absolute atomic E-state index is 0.0883. The van der Waals surface area contributed by atoms with Crippen LogP contribution in [-0.4, -0.2) is 42.6 Å². The summed E-state index contributed by atoms with van der Waals surface area (Å²) in [6.07, 6.45) is 0. The third-order valence-corrected chi connectivity index (χ3v) is 4.64. The quantitative estimate of drug-likeness (QED) is 0.789. The molecular weight excluding hydrogens is 363 g/mol. The van der Waals surface area contributed by atoms with Crippen molar-refractivity contribution in [1.29, 1.82) is 5.26 Å². The third-order valence-electron chi connectivity index (χ3n) is 4.11. The number of likely N-dealkylation sites (N-methyl/N-ethyl adjacent to an activating group) is 1. The van der Waals surface area contributed by atoms with Gasteiger partial charge in [0.2, 0.25) is 17.5 Å². The Bertz CT molecular complexity index is 779. The molecule has 1 aromatic heterocycles. The highest BCUT2D eigenvalue weighted by molar-refractivity contribution is 6.35. The summed E-state index contributed by atoms with van der Waals surface area (Å²) in [6.45, 7) is 6.74. The molecule has 1 aliphatic heterocycles. The fraction of sp³-hybridized carbons (Fsp3) is 0.412. The van der Waals surface area contributed by atoms with E-state index in [0.717, 1.165) is 32.7 Å². The van der Waals surface area contributed by atoms with Crippen LogP contribution in [0.15, 0.2) is 22.6 Å². The Kier molecular flexibility index (Phi) is 5.69. The number of piperazine rings is 1. The lowest BCUT2D eigenvalue weighted by atomic mass is 10.3. The molecule has 1 fully saturated rings. The molecule has 8 heteroatoms. The van der Waals surface area contributed by atoms with Crippen LogP contribution in [0.2, 0.25) is 10.0 Å². The highest BCUT2D eigenvalue weighted by Gasteiger charge is 2.23. The molecule has 2 aromatic rings. The standard InChI is InChI=1S/C17H18Cl2N4O2/c1-2-22-5-7-23(8-6-22)17-14(10-20)21-16(25-17)11-24-15-4-3-12(18)9-13(15)19/h3-4,9H,2,5-8,11H2,1H3. The molecule has 0 saturated carbocycles. The SMILES string of the molecule is CCN1CCN(c2oc(COc3ccc(Cl)cc3Cl)nc2C#N)CC1. The zero-order chi connectivity index (χ0) is 17.8. The number of aromatic nitrogens is 1. The van der Waals surface area contributed by atoms with Crippen LogP contribution in [0.5, 0.6) is 5.75 Å². The minimum atomic E-state index is 0.0883. The van der Waals surface area contributed by atoms with E-state index in [4.69, 9.17) is 32.4 Å². The second-order valence-corrected chi connectivity index (χ2v) is 6.50. The van der Waals surface area contributed by atoms with Crippen LogP contribution in [0.3, 0.4) is 0 Å². The summed E-state index contributed by atoms with van der Waals surface area (Å²) in [5.74, 6) is 1.34. The van der Waals surface area contributed by atoms with Gasteiger partial charge in [0.25, 0.3) is 0 Å². The average molecular weight is 381 g/mol. The van der Waals surface area contributed by atoms with Gasteiger partial charge < -0.3 is 19.0 Å². The van der Waals surface area contributed by atoms with E-state index >= 15 is 0 Å². The van der Waals surface area contributed by atoms with Crippen molar-refractivity contribution in [3.63, 3.8) is 0 Å². The normalized spacial score (nSPS) is 15.2. The lowest BCUT2D eigenvalue weighted by Gasteiger charge is -2.33. The first kappa shape index (κ1) is 17.9. The van der Waals surface area contributed by atoms with Gasteiger partial charge in [-0.25, -0.2) is 0 Å². The smallest absolute Gasteiger partial charge is 0.236 e. The molecule has 1 aromatic carbocycles. The summed E-state index contributed by atoms with van der Waals surface area (Å²) < 4.78 is 11.4. The molecule has 1 aliphatic rings. The van der Waals surface area contributed by atoms with E-state index in [9.17, 15) is 5.26 Å². The van der Waals surface area contributed by atoms with Crippen molar-refractivity contribution in [1.82, 2.24) is 9.88 Å². The highest BCUT2D eigenvalue weighted by atomic mass is 35.5. The van der Waals surface area contributed by atoms with E-state index in [2.05, 4.69) is 27.8 Å². The van der Waals surface area contributed by atoms with E-state index < -0.39 is 0 Å². The van der Waals surface area contributed by atoms with Crippen molar-refractivity contribution >= 4 is 29.1 Å². The third kappa shape index (κ3) is 4.18. The number of rotatable bonds is 5. The predicted molar refractivity (Wildman–Crippen MR) is 96.3 cm³/mol. The first-order valence-electron chi connectivity index (χ1n) is 8.05. The second-order valence-electron chi connectivity index (χ2n) is 5.66. The summed E-state index contributed by atoms with van der Waals surface area (Å²) in [5, 5.41) is 10.3. The number of hydrogen-bond acceptors (Lipinski definition) is 6. The van der Waals surface area contributed by atoms with Crippen molar-refractivity contribution in [2.45, 2.75) is 13.5 Å². The summed E-state index contributed by atoms with van der Waals surface area (Å²) in [4.78, 5) is 8.63. The molecule has 0 N–H and O–H groups in total. The molecule has 0 aliphatic carbocycles. The van der Waals surface area contributed by atoms with Crippen LogP contribution < -0.4 is 9.64 Å². The van der Waals surface area contributed by atoms with Crippen LogP contribution in [0, 0.1) is 11.3 Å². The van der Waals surface area contributed by atoms with E-state index in [1.807, 2.05) is 0 Å². The first-order chi connectivity index (χ1) is 12.1. The predicted octanol–water partition coefficient (Wildman–Crippen LogP) is 3.57. The van der Waals surface area contributed by atoms with Crippen LogP contribution in [0.4, 0.5) is 5.88 Å². The molecule has 2 heterocycles. The van der Waals surface area contributed by atoms with Gasteiger partial charge in [0.05, 0.1) is 5.02 Å². The molecule has 0 amide bonds. The monoisotopic (exact) mass is 380 g/mol. The zero-order valence-electron chi connectivity index (χ0n) is 13.8. The lowest BCUT2D eigenvalue weighted by Crippen LogP contribution is -2.46. The Balaban J connectivity index is 1.69. The molecule has 0 radical (unpaired) electrons. The molecule has 25 heavy (non-hydrogen) atoms. The molecule has 0 unspecified atom stereocenters. The van der Waals surface area contributed by atoms with Crippen molar-refractivity contribution in [3.05, 3.63) is 39.8 Å². The maximum Gasteiger partial charge on any atom is 0.236 e. The van der Waals surface area contributed by atoms with Crippen LogP contribution >= 0.6 is 23.2 Å². The summed E-state index contributed by atoms with van der Waals surface area (Å²) in [5.41, 5.74) is 0.283. The van der Waals surface area contributed by atoms with E-state index in [-0.39, 0.29) is 12.3 Å². The van der Waals surface area contributed by atoms with Gasteiger partial charge in [-0.05, 0) is 24.7 Å². The molecule has 1 saturated heterocycles. The van der Waals surface area contributed by atoms with Crippen LogP contribution in [0.25, 0.3) is 0 Å². The van der Waals surface area contributed by atoms with Crippen molar-refractivity contribution in [3.8, 4) is 11.8 Å². The zero-order valence-corrected chi connectivity index (χ0v) is 15.3. The largest absolute Gasteiger partial charge is 0.482 e. The van der Waals surface area contributed by atoms with Crippen molar-refractivity contribution in [2.75, 3.05) is 37.6 Å². The van der Waals surface area contributed by atoms with Gasteiger partial charge in [-0.1, -0.05) is 30.1 Å². The summed E-state index contributed by atoms with van der Waals surface area (Å²) >= 11 is 12.0. The van der Waals surface area contributed by atoms with Crippen molar-refractivity contribution in [2.24, 2.45) is 0 Å². The highest BCUT2D eigenvalue weighted by Crippen LogP contribution is 2.29. The van der Waals surface area contributed by atoms with Gasteiger partial charge in [0.1, 0.15) is 11.8 Å². The van der Waals surface area contributed by atoms with Gasteiger partial charge in [0.15, 0.2) is 6.61 Å². The fourth-order valence-electron chi connectivity index (χ4n) is 2.70. The van der Waals surface area contributed by atoms with Crippen LogP contribution in [0.1, 0.15) is 18.5 Å². The topological polar surface area (TPSA) is 65.5 Å². The minimum Gasteiger partial charge on any atom is -0.482 e. The maximum absolute atomic E-state index is 9.33. The number of anilines is 1. The van der Waals surface area contributed by atoms with Crippen molar-refractivity contribution < 1.29 is 9.15 Å². The average Bonchev–Trinajstić information content (AvgIpc) is 3.04. The van der Waals surface area contributed by atoms with E-state index in [0.29, 0.717) is 27.6 Å². The van der Waals surface area contributed by atoms with E-state index in [1.165, 1.54) is 0 Å². The molecule has 0 spiro atoms. The number of benzene rings is 1. The molecular formula is C17H18Cl2N4O2. The molecule has 0 bridgehead atoms. The summed E-state index contributed by atoms with van der Waals surface area (Å²) in [7, 11) is 0. The number of halogens is 2. The van der Waals surface area contributed by atoms with Crippen LogP contribution in [-0.2, 0) is 6.61 Å². The lowest BCUT2D eigenvalue weighted by molar-refractivity contribution is 0.252.